The largest absolute Gasteiger partial charge is 0.419 e. The van der Waals surface area contributed by atoms with Crippen LogP contribution in [0.15, 0.2) is 32.3 Å². The van der Waals surface area contributed by atoms with E-state index in [9.17, 15) is 13.2 Å². The fraction of sp³-hybridized carbons (Fsp3) is 0.417. The van der Waals surface area contributed by atoms with Crippen molar-refractivity contribution < 1.29 is 17.7 Å². The second-order valence-electron chi connectivity index (χ2n) is 4.91. The third kappa shape index (κ3) is 2.92. The number of sulfonamides is 1. The molecule has 0 spiro atoms. The topological polar surface area (TPSA) is 85.8 Å². The molecule has 7 nitrogen and oxygen atoms in total. The van der Waals surface area contributed by atoms with E-state index >= 15 is 0 Å². The van der Waals surface area contributed by atoms with E-state index in [2.05, 4.69) is 4.72 Å². The van der Waals surface area contributed by atoms with Crippen molar-refractivity contribution in [2.24, 2.45) is 7.05 Å². The second-order valence-corrected chi connectivity index (χ2v) is 6.68. The predicted octanol–water partition coefficient (Wildman–Crippen LogP) is -1.45. The molecule has 0 bridgehead atoms. The number of hydrogen-bond donors (Lipinski definition) is 2. The lowest BCUT2D eigenvalue weighted by atomic mass is 10.3. The van der Waals surface area contributed by atoms with Crippen LogP contribution < -0.4 is 15.4 Å². The molecule has 110 valence electrons. The molecule has 2 aromatic rings. The first kappa shape index (κ1) is 14.8. The molecule has 2 N–H and O–H groups in total. The van der Waals surface area contributed by atoms with E-state index in [-0.39, 0.29) is 10.5 Å². The summed E-state index contributed by atoms with van der Waals surface area (Å²) in [6.45, 7) is 1.03. The zero-order chi connectivity index (χ0) is 14.9. The molecule has 1 aromatic heterocycles. The summed E-state index contributed by atoms with van der Waals surface area (Å²) in [5.74, 6) is -0.515. The average molecular weight is 300 g/mol. The Bertz CT molecular complexity index is 774. The number of aryl methyl sites for hydroxylation is 1. The molecule has 8 heteroatoms. The Morgan fingerprint density at radius 3 is 2.70 bits per heavy atom. The van der Waals surface area contributed by atoms with Gasteiger partial charge in [0.05, 0.1) is 37.6 Å². The summed E-state index contributed by atoms with van der Waals surface area (Å²) in [7, 11) is 1.87. The Labute approximate surface area is 116 Å². The zero-order valence-electron chi connectivity index (χ0n) is 11.6. The minimum atomic E-state index is -3.59. The highest BCUT2D eigenvalue weighted by Gasteiger charge is 2.16. The number of fused-ring (bicyclic) bond motifs is 1. The highest BCUT2D eigenvalue weighted by Crippen LogP contribution is 2.17. The van der Waals surface area contributed by atoms with Gasteiger partial charge >= 0.3 is 5.76 Å². The molecule has 0 saturated heterocycles. The van der Waals surface area contributed by atoms with Crippen LogP contribution in [0, 0.1) is 0 Å². The number of rotatable bonds is 5. The molecule has 0 amide bonds. The van der Waals surface area contributed by atoms with Gasteiger partial charge in [-0.15, -0.1) is 0 Å². The van der Waals surface area contributed by atoms with Crippen LogP contribution >= 0.6 is 0 Å². The second kappa shape index (κ2) is 5.39. The summed E-state index contributed by atoms with van der Waals surface area (Å²) < 4.78 is 33.0. The molecule has 2 rings (SSSR count). The SMILES string of the molecule is Cn1c(=O)oc2cc(S(=O)(=O)NCC[NH+](C)C)ccc21. The minimum Gasteiger partial charge on any atom is -0.408 e. The van der Waals surface area contributed by atoms with Gasteiger partial charge in [-0.1, -0.05) is 0 Å². The fourth-order valence-corrected chi connectivity index (χ4v) is 2.85. The van der Waals surface area contributed by atoms with Gasteiger partial charge in [0.15, 0.2) is 5.58 Å². The maximum Gasteiger partial charge on any atom is 0.419 e. The van der Waals surface area contributed by atoms with Gasteiger partial charge in [0, 0.05) is 13.1 Å². The first-order valence-electron chi connectivity index (χ1n) is 6.19. The third-order valence-electron chi connectivity index (χ3n) is 2.99. The monoisotopic (exact) mass is 300 g/mol. The minimum absolute atomic E-state index is 0.0908. The van der Waals surface area contributed by atoms with E-state index < -0.39 is 15.8 Å². The van der Waals surface area contributed by atoms with Crippen molar-refractivity contribution in [2.45, 2.75) is 4.90 Å². The Kier molecular flexibility index (Phi) is 3.98. The predicted molar refractivity (Wildman–Crippen MR) is 74.3 cm³/mol. The summed E-state index contributed by atoms with van der Waals surface area (Å²) in [6.07, 6.45) is 0. The standard InChI is InChI=1S/C12H17N3O4S/c1-14(2)7-6-13-20(17,18)9-4-5-10-11(8-9)19-12(16)15(10)3/h4-5,8,13H,6-7H2,1-3H3/p+1. The van der Waals surface area contributed by atoms with Gasteiger partial charge in [0.25, 0.3) is 0 Å². The molecule has 0 aliphatic carbocycles. The Morgan fingerprint density at radius 1 is 1.35 bits per heavy atom. The van der Waals surface area contributed by atoms with Crippen molar-refractivity contribution in [3.05, 3.63) is 28.7 Å². The summed E-state index contributed by atoms with van der Waals surface area (Å²) in [6, 6.07) is 4.38. The fourth-order valence-electron chi connectivity index (χ4n) is 1.80. The molecular weight excluding hydrogens is 282 g/mol. The van der Waals surface area contributed by atoms with Gasteiger partial charge in [-0.3, -0.25) is 4.57 Å². The lowest BCUT2D eigenvalue weighted by molar-refractivity contribution is -0.856. The Balaban J connectivity index is 2.30. The van der Waals surface area contributed by atoms with E-state index in [4.69, 9.17) is 4.42 Å². The molecule has 0 unspecified atom stereocenters. The van der Waals surface area contributed by atoms with Gasteiger partial charge in [-0.25, -0.2) is 17.9 Å². The summed E-state index contributed by atoms with van der Waals surface area (Å²) >= 11 is 0. The number of nitrogens with one attached hydrogen (secondary N) is 2. The van der Waals surface area contributed by atoms with Crippen LogP contribution in [0.3, 0.4) is 0 Å². The third-order valence-corrected chi connectivity index (χ3v) is 4.45. The van der Waals surface area contributed by atoms with Gasteiger partial charge in [-0.2, -0.15) is 0 Å². The van der Waals surface area contributed by atoms with Crippen LogP contribution in [-0.2, 0) is 17.1 Å². The van der Waals surface area contributed by atoms with E-state index in [1.54, 1.807) is 13.1 Å². The van der Waals surface area contributed by atoms with E-state index in [1.165, 1.54) is 16.7 Å². The Hall–Kier alpha value is -1.64. The number of aromatic nitrogens is 1. The first-order valence-corrected chi connectivity index (χ1v) is 7.68. The number of likely N-dealkylation sites (N-methyl/N-ethyl adjacent to an activating group) is 1. The van der Waals surface area contributed by atoms with E-state index in [0.717, 1.165) is 4.90 Å². The van der Waals surface area contributed by atoms with E-state index in [0.29, 0.717) is 18.6 Å². The molecule has 1 aromatic carbocycles. The quantitative estimate of drug-likeness (QED) is 0.708. The van der Waals surface area contributed by atoms with Crippen molar-refractivity contribution in [2.75, 3.05) is 27.2 Å². The number of oxazole rings is 1. The number of hydrogen-bond acceptors (Lipinski definition) is 4. The molecule has 0 radical (unpaired) electrons. The number of nitrogens with zero attached hydrogens (tertiary/aromatic N) is 1. The first-order chi connectivity index (χ1) is 9.31. The van der Waals surface area contributed by atoms with Crippen LogP contribution in [0.2, 0.25) is 0 Å². The molecule has 0 atom stereocenters. The van der Waals surface area contributed by atoms with Crippen LogP contribution in [-0.4, -0.2) is 40.2 Å². The van der Waals surface area contributed by atoms with Gasteiger partial charge in [0.2, 0.25) is 10.0 Å². The highest BCUT2D eigenvalue weighted by molar-refractivity contribution is 7.89. The number of benzene rings is 1. The smallest absolute Gasteiger partial charge is 0.408 e. The molecule has 0 saturated carbocycles. The van der Waals surface area contributed by atoms with Crippen LogP contribution in [0.4, 0.5) is 0 Å². The molecule has 20 heavy (non-hydrogen) atoms. The van der Waals surface area contributed by atoms with Gasteiger partial charge < -0.3 is 9.32 Å². The summed E-state index contributed by atoms with van der Waals surface area (Å²) in [5, 5.41) is 0. The van der Waals surface area contributed by atoms with E-state index in [1.807, 2.05) is 14.1 Å². The van der Waals surface area contributed by atoms with Gasteiger partial charge in [-0.05, 0) is 12.1 Å². The normalized spacial score (nSPS) is 12.4. The molecule has 0 aliphatic rings. The Morgan fingerprint density at radius 2 is 2.05 bits per heavy atom. The van der Waals surface area contributed by atoms with Crippen LogP contribution in [0.25, 0.3) is 11.1 Å². The number of quaternary nitrogens is 1. The molecule has 0 fully saturated rings. The molecule has 0 aliphatic heterocycles. The maximum absolute atomic E-state index is 12.1. The highest BCUT2D eigenvalue weighted by atomic mass is 32.2. The van der Waals surface area contributed by atoms with Crippen LogP contribution in [0.1, 0.15) is 0 Å². The van der Waals surface area contributed by atoms with Crippen molar-refractivity contribution in [1.82, 2.24) is 9.29 Å². The lowest BCUT2D eigenvalue weighted by Gasteiger charge is -2.09. The lowest BCUT2D eigenvalue weighted by Crippen LogP contribution is -3.06. The van der Waals surface area contributed by atoms with Crippen molar-refractivity contribution >= 4 is 21.1 Å². The van der Waals surface area contributed by atoms with Crippen LogP contribution in [0.5, 0.6) is 0 Å². The van der Waals surface area contributed by atoms with Crippen molar-refractivity contribution in [3.8, 4) is 0 Å². The van der Waals surface area contributed by atoms with Crippen molar-refractivity contribution in [3.63, 3.8) is 0 Å². The maximum atomic E-state index is 12.1. The average Bonchev–Trinajstić information content (AvgIpc) is 2.64. The summed E-state index contributed by atoms with van der Waals surface area (Å²) in [5.41, 5.74) is 0.824. The molecule has 1 heterocycles. The van der Waals surface area contributed by atoms with Crippen molar-refractivity contribution in [1.29, 1.82) is 0 Å². The molecular formula is C12H18N3O4S+. The van der Waals surface area contributed by atoms with Gasteiger partial charge in [0.1, 0.15) is 0 Å². The zero-order valence-corrected chi connectivity index (χ0v) is 12.5. The summed E-state index contributed by atoms with van der Waals surface area (Å²) in [4.78, 5) is 12.6.